The fourth-order valence-electron chi connectivity index (χ4n) is 6.27. The quantitative estimate of drug-likeness (QED) is 0.291. The van der Waals surface area contributed by atoms with Gasteiger partial charge in [0.15, 0.2) is 11.5 Å². The minimum absolute atomic E-state index is 0.0827. The van der Waals surface area contributed by atoms with E-state index in [9.17, 15) is 13.2 Å². The third-order valence-corrected chi connectivity index (χ3v) is 8.09. The van der Waals surface area contributed by atoms with E-state index in [1.165, 1.54) is 28.8 Å². The minimum Gasteiger partial charge on any atom is -0.493 e. The second-order valence-electron chi connectivity index (χ2n) is 10.2. The first-order valence-electron chi connectivity index (χ1n) is 12.8. The van der Waals surface area contributed by atoms with Crippen molar-refractivity contribution in [3.05, 3.63) is 94.7 Å². The van der Waals surface area contributed by atoms with Gasteiger partial charge in [0.2, 0.25) is 0 Å². The number of aromatic nitrogens is 1. The maximum atomic E-state index is 13.3. The van der Waals surface area contributed by atoms with E-state index in [4.69, 9.17) is 9.47 Å². The standard InChI is InChI=1S/C30H30F3N3O2/c1-37-26-12-9-19(15-27(26)38-2)25-17-29(16-24(35-25)18-7-10-20(11-8-18)30(31,32)33)28-22(13-14-34-29)21-5-3-4-6-23(21)36-28/h3-12,15,24-25,34-36H,13-14,16-17H2,1-2H3/t24-,25+,29+/m1/s1. The molecule has 4 aromatic rings. The molecular weight excluding hydrogens is 491 g/mol. The first kappa shape index (κ1) is 24.8. The summed E-state index contributed by atoms with van der Waals surface area (Å²) in [5.41, 5.74) is 4.43. The molecule has 0 radical (unpaired) electrons. The number of piperidine rings is 1. The normalized spacial score (nSPS) is 23.4. The lowest BCUT2D eigenvalue weighted by atomic mass is 9.72. The molecule has 1 fully saturated rings. The van der Waals surface area contributed by atoms with E-state index >= 15 is 0 Å². The lowest BCUT2D eigenvalue weighted by Crippen LogP contribution is -2.55. The monoisotopic (exact) mass is 521 g/mol. The number of benzene rings is 3. The number of rotatable bonds is 4. The van der Waals surface area contributed by atoms with Crippen LogP contribution in [-0.2, 0) is 18.1 Å². The molecule has 0 bridgehead atoms. The highest BCUT2D eigenvalue weighted by Gasteiger charge is 2.46. The van der Waals surface area contributed by atoms with Gasteiger partial charge in [-0.3, -0.25) is 0 Å². The van der Waals surface area contributed by atoms with E-state index in [2.05, 4.69) is 33.8 Å². The van der Waals surface area contributed by atoms with E-state index in [1.54, 1.807) is 26.4 Å². The van der Waals surface area contributed by atoms with Crippen LogP contribution in [0.25, 0.3) is 10.9 Å². The summed E-state index contributed by atoms with van der Waals surface area (Å²) < 4.78 is 50.9. The molecule has 0 aliphatic carbocycles. The second-order valence-corrected chi connectivity index (χ2v) is 10.2. The predicted octanol–water partition coefficient (Wildman–Crippen LogP) is 6.41. The molecule has 38 heavy (non-hydrogen) atoms. The topological polar surface area (TPSA) is 58.3 Å². The highest BCUT2D eigenvalue weighted by Crippen LogP contribution is 2.48. The van der Waals surface area contributed by atoms with E-state index in [-0.39, 0.29) is 17.6 Å². The Hall–Kier alpha value is -3.49. The maximum Gasteiger partial charge on any atom is 0.416 e. The Labute approximate surface area is 219 Å². The summed E-state index contributed by atoms with van der Waals surface area (Å²) in [6, 6.07) is 19.5. The number of fused-ring (bicyclic) bond motifs is 4. The third kappa shape index (κ3) is 4.22. The molecule has 3 N–H and O–H groups in total. The molecule has 198 valence electrons. The summed E-state index contributed by atoms with van der Waals surface area (Å²) in [6.07, 6.45) is -1.99. The van der Waals surface area contributed by atoms with Crippen LogP contribution in [0.3, 0.4) is 0 Å². The number of alkyl halides is 3. The molecule has 6 rings (SSSR count). The van der Waals surface area contributed by atoms with E-state index in [0.717, 1.165) is 36.0 Å². The van der Waals surface area contributed by atoms with Crippen molar-refractivity contribution < 1.29 is 22.6 Å². The summed E-state index contributed by atoms with van der Waals surface area (Å²) in [5.74, 6) is 1.29. The number of H-pyrrole nitrogens is 1. The van der Waals surface area contributed by atoms with Gasteiger partial charge in [-0.05, 0) is 66.3 Å². The van der Waals surface area contributed by atoms with Crippen LogP contribution >= 0.6 is 0 Å². The van der Waals surface area contributed by atoms with Gasteiger partial charge < -0.3 is 25.1 Å². The highest BCUT2D eigenvalue weighted by molar-refractivity contribution is 5.85. The molecule has 3 atom stereocenters. The Kier molecular flexibility index (Phi) is 6.12. The summed E-state index contributed by atoms with van der Waals surface area (Å²) in [5, 5.41) is 8.80. The van der Waals surface area contributed by atoms with Crippen LogP contribution in [0.15, 0.2) is 66.7 Å². The van der Waals surface area contributed by atoms with Crippen LogP contribution in [0.4, 0.5) is 13.2 Å². The number of nitrogens with one attached hydrogen (secondary N) is 3. The third-order valence-electron chi connectivity index (χ3n) is 8.09. The predicted molar refractivity (Wildman–Crippen MR) is 141 cm³/mol. The highest BCUT2D eigenvalue weighted by atomic mass is 19.4. The van der Waals surface area contributed by atoms with Crippen LogP contribution in [0.1, 0.15) is 52.9 Å². The van der Waals surface area contributed by atoms with Crippen LogP contribution in [-0.4, -0.2) is 25.7 Å². The van der Waals surface area contributed by atoms with Gasteiger partial charge in [0.25, 0.3) is 0 Å². The van der Waals surface area contributed by atoms with Crippen molar-refractivity contribution in [2.24, 2.45) is 0 Å². The number of halogens is 3. The first-order valence-corrected chi connectivity index (χ1v) is 12.8. The van der Waals surface area contributed by atoms with Crippen LogP contribution in [0.2, 0.25) is 0 Å². The molecule has 2 aliphatic rings. The van der Waals surface area contributed by atoms with E-state index in [1.807, 2.05) is 24.3 Å². The molecule has 1 saturated heterocycles. The van der Waals surface area contributed by atoms with Crippen molar-refractivity contribution in [3.8, 4) is 11.5 Å². The lowest BCUT2D eigenvalue weighted by Gasteiger charge is -2.48. The van der Waals surface area contributed by atoms with Gasteiger partial charge in [-0.25, -0.2) is 0 Å². The zero-order chi connectivity index (χ0) is 26.5. The SMILES string of the molecule is COc1ccc([C@@H]2C[C@]3(C[C@H](c4ccc(C(F)(F)F)cc4)N2)NCCc2c3[nH]c3ccccc23)cc1OC. The lowest BCUT2D eigenvalue weighted by molar-refractivity contribution is -0.137. The molecule has 5 nitrogen and oxygen atoms in total. The number of aromatic amines is 1. The number of methoxy groups -OCH3 is 2. The summed E-state index contributed by atoms with van der Waals surface area (Å²) in [7, 11) is 3.22. The summed E-state index contributed by atoms with van der Waals surface area (Å²) >= 11 is 0. The molecule has 3 aromatic carbocycles. The molecular formula is C30H30F3N3O2. The van der Waals surface area contributed by atoms with Crippen molar-refractivity contribution >= 4 is 10.9 Å². The smallest absolute Gasteiger partial charge is 0.416 e. The fraction of sp³-hybridized carbons (Fsp3) is 0.333. The fourth-order valence-corrected chi connectivity index (χ4v) is 6.27. The van der Waals surface area contributed by atoms with Crippen LogP contribution < -0.4 is 20.1 Å². The van der Waals surface area contributed by atoms with Crippen molar-refractivity contribution in [2.75, 3.05) is 20.8 Å². The molecule has 8 heteroatoms. The Morgan fingerprint density at radius 3 is 2.24 bits per heavy atom. The van der Waals surface area contributed by atoms with Gasteiger partial charge in [0.05, 0.1) is 25.3 Å². The van der Waals surface area contributed by atoms with Gasteiger partial charge in [-0.15, -0.1) is 0 Å². The first-order chi connectivity index (χ1) is 18.3. The molecule has 2 aliphatic heterocycles. The summed E-state index contributed by atoms with van der Waals surface area (Å²) in [6.45, 7) is 0.827. The average Bonchev–Trinajstić information content (AvgIpc) is 3.32. The Bertz CT molecular complexity index is 1460. The van der Waals surface area contributed by atoms with Gasteiger partial charge in [0, 0.05) is 35.2 Å². The summed E-state index contributed by atoms with van der Waals surface area (Å²) in [4.78, 5) is 3.71. The van der Waals surface area contributed by atoms with Crippen molar-refractivity contribution in [1.29, 1.82) is 0 Å². The minimum atomic E-state index is -4.37. The van der Waals surface area contributed by atoms with Crippen molar-refractivity contribution in [1.82, 2.24) is 15.6 Å². The Balaban J connectivity index is 1.45. The number of hydrogen-bond acceptors (Lipinski definition) is 4. The molecule has 3 heterocycles. The van der Waals surface area contributed by atoms with Crippen molar-refractivity contribution in [3.63, 3.8) is 0 Å². The number of hydrogen-bond donors (Lipinski definition) is 3. The number of ether oxygens (including phenoxy) is 2. The molecule has 1 spiro atoms. The van der Waals surface area contributed by atoms with Gasteiger partial charge in [-0.2, -0.15) is 13.2 Å². The zero-order valence-corrected chi connectivity index (χ0v) is 21.3. The van der Waals surface area contributed by atoms with Crippen molar-refractivity contribution in [2.45, 2.75) is 43.1 Å². The van der Waals surface area contributed by atoms with Crippen LogP contribution in [0, 0.1) is 0 Å². The zero-order valence-electron chi connectivity index (χ0n) is 21.3. The van der Waals surface area contributed by atoms with Crippen LogP contribution in [0.5, 0.6) is 11.5 Å². The molecule has 0 unspecified atom stereocenters. The van der Waals surface area contributed by atoms with Gasteiger partial charge >= 0.3 is 6.18 Å². The molecule has 0 saturated carbocycles. The number of para-hydroxylation sites is 1. The largest absolute Gasteiger partial charge is 0.493 e. The maximum absolute atomic E-state index is 13.3. The van der Waals surface area contributed by atoms with Gasteiger partial charge in [0.1, 0.15) is 0 Å². The Morgan fingerprint density at radius 2 is 1.53 bits per heavy atom. The average molecular weight is 522 g/mol. The Morgan fingerprint density at radius 1 is 0.842 bits per heavy atom. The van der Waals surface area contributed by atoms with E-state index < -0.39 is 11.7 Å². The second kappa shape index (κ2) is 9.36. The van der Waals surface area contributed by atoms with Gasteiger partial charge in [-0.1, -0.05) is 36.4 Å². The van der Waals surface area contributed by atoms with E-state index in [0.29, 0.717) is 17.9 Å². The molecule has 0 amide bonds. The molecule has 1 aromatic heterocycles.